The number of carbonyl (C=O) groups is 2. The predicted molar refractivity (Wildman–Crippen MR) is 77.3 cm³/mol. The van der Waals surface area contributed by atoms with Gasteiger partial charge < -0.3 is 14.8 Å². The van der Waals surface area contributed by atoms with E-state index in [-0.39, 0.29) is 17.9 Å². The van der Waals surface area contributed by atoms with Crippen LogP contribution in [0.3, 0.4) is 0 Å². The SMILES string of the molecule is O=C(Nc1cccc(N2CCOC2=O)c1)C1CCOCC1. The first-order chi connectivity index (χ1) is 10.2. The molecule has 21 heavy (non-hydrogen) atoms. The number of nitrogens with zero attached hydrogens (tertiary/aromatic N) is 1. The second-order valence-electron chi connectivity index (χ2n) is 5.19. The van der Waals surface area contributed by atoms with Gasteiger partial charge in [0, 0.05) is 30.5 Å². The topological polar surface area (TPSA) is 67.9 Å². The van der Waals surface area contributed by atoms with Crippen molar-refractivity contribution in [2.75, 3.05) is 36.6 Å². The Kier molecular flexibility index (Phi) is 4.06. The highest BCUT2D eigenvalue weighted by atomic mass is 16.6. The molecule has 6 nitrogen and oxygen atoms in total. The monoisotopic (exact) mass is 290 g/mol. The van der Waals surface area contributed by atoms with E-state index in [9.17, 15) is 9.59 Å². The average molecular weight is 290 g/mol. The number of anilines is 2. The first-order valence-corrected chi connectivity index (χ1v) is 7.17. The summed E-state index contributed by atoms with van der Waals surface area (Å²) in [6.07, 6.45) is 1.16. The van der Waals surface area contributed by atoms with Crippen molar-refractivity contribution >= 4 is 23.4 Å². The van der Waals surface area contributed by atoms with Crippen molar-refractivity contribution in [2.24, 2.45) is 5.92 Å². The second-order valence-corrected chi connectivity index (χ2v) is 5.19. The Balaban J connectivity index is 1.68. The summed E-state index contributed by atoms with van der Waals surface area (Å²) in [5, 5.41) is 2.92. The summed E-state index contributed by atoms with van der Waals surface area (Å²) in [5.41, 5.74) is 1.44. The number of hydrogen-bond acceptors (Lipinski definition) is 4. The van der Waals surface area contributed by atoms with Crippen molar-refractivity contribution in [1.82, 2.24) is 0 Å². The number of amides is 2. The van der Waals surface area contributed by atoms with Gasteiger partial charge >= 0.3 is 6.09 Å². The van der Waals surface area contributed by atoms with E-state index in [0.29, 0.717) is 32.1 Å². The lowest BCUT2D eigenvalue weighted by molar-refractivity contribution is -0.122. The highest BCUT2D eigenvalue weighted by molar-refractivity contribution is 5.94. The third-order valence-electron chi connectivity index (χ3n) is 3.78. The Hall–Kier alpha value is -2.08. The fourth-order valence-electron chi connectivity index (χ4n) is 2.58. The van der Waals surface area contributed by atoms with E-state index < -0.39 is 0 Å². The Morgan fingerprint density at radius 1 is 1.24 bits per heavy atom. The van der Waals surface area contributed by atoms with Crippen LogP contribution in [0, 0.1) is 5.92 Å². The molecule has 0 aliphatic carbocycles. The van der Waals surface area contributed by atoms with Crippen LogP contribution in [0.2, 0.25) is 0 Å². The number of rotatable bonds is 3. The Morgan fingerprint density at radius 2 is 2.05 bits per heavy atom. The van der Waals surface area contributed by atoms with E-state index in [2.05, 4.69) is 5.32 Å². The van der Waals surface area contributed by atoms with Crippen LogP contribution in [0.1, 0.15) is 12.8 Å². The highest BCUT2D eigenvalue weighted by Crippen LogP contribution is 2.24. The lowest BCUT2D eigenvalue weighted by Crippen LogP contribution is -2.28. The summed E-state index contributed by atoms with van der Waals surface area (Å²) >= 11 is 0. The van der Waals surface area contributed by atoms with Gasteiger partial charge in [0.1, 0.15) is 6.61 Å². The molecule has 2 saturated heterocycles. The molecular formula is C15H18N2O4. The van der Waals surface area contributed by atoms with Crippen LogP contribution in [-0.4, -0.2) is 38.4 Å². The molecule has 1 aromatic rings. The molecule has 2 amide bonds. The van der Waals surface area contributed by atoms with Gasteiger partial charge in [0.25, 0.3) is 0 Å². The van der Waals surface area contributed by atoms with E-state index in [0.717, 1.165) is 18.5 Å². The fraction of sp³-hybridized carbons (Fsp3) is 0.467. The molecule has 2 aliphatic rings. The zero-order chi connectivity index (χ0) is 14.7. The zero-order valence-electron chi connectivity index (χ0n) is 11.7. The number of nitrogens with one attached hydrogen (secondary N) is 1. The Labute approximate surface area is 123 Å². The van der Waals surface area contributed by atoms with Crippen LogP contribution in [-0.2, 0) is 14.3 Å². The maximum Gasteiger partial charge on any atom is 0.414 e. The molecule has 0 spiro atoms. The molecule has 1 N–H and O–H groups in total. The van der Waals surface area contributed by atoms with Gasteiger partial charge in [-0.3, -0.25) is 9.69 Å². The molecule has 1 aromatic carbocycles. The fourth-order valence-corrected chi connectivity index (χ4v) is 2.58. The van der Waals surface area contributed by atoms with E-state index in [4.69, 9.17) is 9.47 Å². The van der Waals surface area contributed by atoms with Gasteiger partial charge in [-0.2, -0.15) is 0 Å². The number of benzene rings is 1. The van der Waals surface area contributed by atoms with Gasteiger partial charge in [-0.05, 0) is 31.0 Å². The van der Waals surface area contributed by atoms with Gasteiger partial charge in [0.2, 0.25) is 5.91 Å². The van der Waals surface area contributed by atoms with E-state index in [1.165, 1.54) is 0 Å². The molecule has 0 saturated carbocycles. The van der Waals surface area contributed by atoms with Crippen LogP contribution in [0.4, 0.5) is 16.2 Å². The van der Waals surface area contributed by atoms with Crippen molar-refractivity contribution in [3.63, 3.8) is 0 Å². The summed E-state index contributed by atoms with van der Waals surface area (Å²) in [7, 11) is 0. The smallest absolute Gasteiger partial charge is 0.414 e. The molecule has 0 aromatic heterocycles. The predicted octanol–water partition coefficient (Wildman–Crippen LogP) is 2.01. The van der Waals surface area contributed by atoms with Gasteiger partial charge in [-0.1, -0.05) is 6.07 Å². The van der Waals surface area contributed by atoms with Gasteiger partial charge in [0.05, 0.1) is 6.54 Å². The van der Waals surface area contributed by atoms with Crippen LogP contribution in [0.25, 0.3) is 0 Å². The maximum absolute atomic E-state index is 12.2. The quantitative estimate of drug-likeness (QED) is 0.924. The molecule has 6 heteroatoms. The number of ether oxygens (including phenoxy) is 2. The third-order valence-corrected chi connectivity index (χ3v) is 3.78. The van der Waals surface area contributed by atoms with Crippen molar-refractivity contribution in [1.29, 1.82) is 0 Å². The average Bonchev–Trinajstić information content (AvgIpc) is 2.94. The van der Waals surface area contributed by atoms with Gasteiger partial charge in [-0.15, -0.1) is 0 Å². The molecule has 0 atom stereocenters. The largest absolute Gasteiger partial charge is 0.447 e. The molecule has 2 fully saturated rings. The molecule has 112 valence electrons. The normalized spacial score (nSPS) is 19.4. The Morgan fingerprint density at radius 3 is 2.76 bits per heavy atom. The summed E-state index contributed by atoms with van der Waals surface area (Å²) < 4.78 is 10.2. The Bertz CT molecular complexity index is 540. The highest BCUT2D eigenvalue weighted by Gasteiger charge is 2.24. The number of cyclic esters (lactones) is 1. The van der Waals surface area contributed by atoms with E-state index in [1.54, 1.807) is 11.0 Å². The minimum atomic E-state index is -0.345. The minimum absolute atomic E-state index is 0.000780. The first kappa shape index (κ1) is 13.9. The third kappa shape index (κ3) is 3.16. The van der Waals surface area contributed by atoms with Gasteiger partial charge in [0.15, 0.2) is 0 Å². The second kappa shape index (κ2) is 6.13. The molecule has 0 bridgehead atoms. The zero-order valence-corrected chi connectivity index (χ0v) is 11.7. The van der Waals surface area contributed by atoms with Crippen molar-refractivity contribution in [2.45, 2.75) is 12.8 Å². The summed E-state index contributed by atoms with van der Waals surface area (Å²) in [6, 6.07) is 7.27. The van der Waals surface area contributed by atoms with Crippen molar-refractivity contribution in [3.05, 3.63) is 24.3 Å². The molecule has 0 unspecified atom stereocenters. The van der Waals surface area contributed by atoms with Crippen LogP contribution in [0.5, 0.6) is 0 Å². The molecule has 3 rings (SSSR count). The minimum Gasteiger partial charge on any atom is -0.447 e. The van der Waals surface area contributed by atoms with Crippen molar-refractivity contribution < 1.29 is 19.1 Å². The van der Waals surface area contributed by atoms with Gasteiger partial charge in [-0.25, -0.2) is 4.79 Å². The maximum atomic E-state index is 12.2. The summed E-state index contributed by atoms with van der Waals surface area (Å²) in [6.45, 7) is 2.21. The summed E-state index contributed by atoms with van der Waals surface area (Å²) in [5.74, 6) is 0.0126. The molecule has 0 radical (unpaired) electrons. The van der Waals surface area contributed by atoms with Crippen LogP contribution >= 0.6 is 0 Å². The number of carbonyl (C=O) groups excluding carboxylic acids is 2. The molecule has 2 aliphatic heterocycles. The molecular weight excluding hydrogens is 272 g/mol. The molecule has 2 heterocycles. The standard InChI is InChI=1S/C15H18N2O4/c18-14(11-4-7-20-8-5-11)16-12-2-1-3-13(10-12)17-6-9-21-15(17)19/h1-3,10-11H,4-9H2,(H,16,18). The van der Waals surface area contributed by atoms with Crippen molar-refractivity contribution in [3.8, 4) is 0 Å². The van der Waals surface area contributed by atoms with Crippen LogP contribution < -0.4 is 10.2 Å². The lowest BCUT2D eigenvalue weighted by Gasteiger charge is -2.21. The first-order valence-electron chi connectivity index (χ1n) is 7.17. The lowest BCUT2D eigenvalue weighted by atomic mass is 9.99. The number of hydrogen-bond donors (Lipinski definition) is 1. The van der Waals surface area contributed by atoms with E-state index in [1.807, 2.05) is 18.2 Å². The summed E-state index contributed by atoms with van der Waals surface area (Å²) in [4.78, 5) is 25.3. The van der Waals surface area contributed by atoms with Crippen LogP contribution in [0.15, 0.2) is 24.3 Å². The van der Waals surface area contributed by atoms with E-state index >= 15 is 0 Å².